The van der Waals surface area contributed by atoms with Gasteiger partial charge in [0.1, 0.15) is 0 Å². The zero-order valence-electron chi connectivity index (χ0n) is 12.4. The van der Waals surface area contributed by atoms with Crippen LogP contribution in [0.15, 0.2) is 46.9 Å². The van der Waals surface area contributed by atoms with E-state index in [1.165, 1.54) is 0 Å². The van der Waals surface area contributed by atoms with Gasteiger partial charge in [0.2, 0.25) is 11.8 Å². The highest BCUT2D eigenvalue weighted by molar-refractivity contribution is 9.10. The smallest absolute Gasteiger partial charge is 0.229 e. The summed E-state index contributed by atoms with van der Waals surface area (Å²) in [6, 6.07) is 12.3. The van der Waals surface area contributed by atoms with Gasteiger partial charge in [-0.2, -0.15) is 0 Å². The first-order valence-corrected chi connectivity index (χ1v) is 8.80. The molecule has 0 spiro atoms. The van der Waals surface area contributed by atoms with Crippen LogP contribution in [0.5, 0.6) is 0 Å². The Kier molecular flexibility index (Phi) is 5.13. The van der Waals surface area contributed by atoms with E-state index in [1.807, 2.05) is 24.3 Å². The van der Waals surface area contributed by atoms with Crippen molar-refractivity contribution in [2.75, 3.05) is 16.8 Å². The Labute approximate surface area is 157 Å². The maximum Gasteiger partial charge on any atom is 0.229 e. The molecule has 0 radical (unpaired) electrons. The summed E-state index contributed by atoms with van der Waals surface area (Å²) in [6.45, 7) is 0.348. The Hall–Kier alpha value is -1.56. The van der Waals surface area contributed by atoms with Gasteiger partial charge in [-0.1, -0.05) is 39.1 Å². The monoisotopic (exact) mass is 426 g/mol. The fourth-order valence-corrected chi connectivity index (χ4v) is 3.41. The quantitative estimate of drug-likeness (QED) is 0.768. The molecular weight excluding hydrogens is 415 g/mol. The number of nitrogens with zero attached hydrogens (tertiary/aromatic N) is 1. The molecule has 3 rings (SSSR count). The van der Waals surface area contributed by atoms with E-state index in [9.17, 15) is 9.59 Å². The fraction of sp³-hybridized carbons (Fsp3) is 0.176. The Morgan fingerprint density at radius 1 is 1.12 bits per heavy atom. The van der Waals surface area contributed by atoms with E-state index in [0.717, 1.165) is 10.2 Å². The van der Waals surface area contributed by atoms with Gasteiger partial charge in [-0.3, -0.25) is 9.59 Å². The van der Waals surface area contributed by atoms with Gasteiger partial charge in [-0.15, -0.1) is 0 Å². The lowest BCUT2D eigenvalue weighted by Gasteiger charge is -2.17. The minimum atomic E-state index is -0.418. The van der Waals surface area contributed by atoms with Crippen LogP contribution in [-0.4, -0.2) is 18.4 Å². The molecule has 1 unspecified atom stereocenters. The molecule has 1 aliphatic heterocycles. The van der Waals surface area contributed by atoms with E-state index in [-0.39, 0.29) is 18.2 Å². The third-order valence-electron chi connectivity index (χ3n) is 3.76. The first-order chi connectivity index (χ1) is 11.4. The minimum absolute atomic E-state index is 0.0680. The number of carbonyl (C=O) groups excluding carboxylic acids is 2. The molecule has 2 amide bonds. The predicted molar refractivity (Wildman–Crippen MR) is 99.7 cm³/mol. The van der Waals surface area contributed by atoms with Crippen molar-refractivity contribution in [3.63, 3.8) is 0 Å². The highest BCUT2D eigenvalue weighted by atomic mass is 79.9. The van der Waals surface area contributed by atoms with E-state index in [2.05, 4.69) is 21.2 Å². The molecule has 1 saturated heterocycles. The number of hydrogen-bond donors (Lipinski definition) is 1. The number of benzene rings is 2. The summed E-state index contributed by atoms with van der Waals surface area (Å²) in [7, 11) is 0. The van der Waals surface area contributed by atoms with E-state index in [1.54, 1.807) is 23.1 Å². The van der Waals surface area contributed by atoms with Gasteiger partial charge in [0, 0.05) is 38.9 Å². The summed E-state index contributed by atoms with van der Waals surface area (Å²) in [5.74, 6) is -0.707. The van der Waals surface area contributed by atoms with E-state index >= 15 is 0 Å². The zero-order chi connectivity index (χ0) is 17.3. The van der Waals surface area contributed by atoms with Crippen molar-refractivity contribution in [3.05, 3.63) is 57.0 Å². The summed E-state index contributed by atoms with van der Waals surface area (Å²) >= 11 is 15.2. The van der Waals surface area contributed by atoms with Crippen molar-refractivity contribution in [2.24, 2.45) is 5.92 Å². The molecule has 1 heterocycles. The van der Waals surface area contributed by atoms with Crippen molar-refractivity contribution in [1.29, 1.82) is 0 Å². The number of anilines is 2. The first-order valence-electron chi connectivity index (χ1n) is 7.25. The minimum Gasteiger partial charge on any atom is -0.326 e. The summed E-state index contributed by atoms with van der Waals surface area (Å²) in [4.78, 5) is 26.3. The molecule has 0 bridgehead atoms. The number of carbonyl (C=O) groups is 2. The van der Waals surface area contributed by atoms with E-state index < -0.39 is 5.92 Å². The maximum atomic E-state index is 12.4. The molecule has 2 aromatic carbocycles. The number of amides is 2. The molecule has 1 aliphatic rings. The van der Waals surface area contributed by atoms with Crippen LogP contribution in [0.3, 0.4) is 0 Å². The van der Waals surface area contributed by atoms with Crippen molar-refractivity contribution in [2.45, 2.75) is 6.42 Å². The average molecular weight is 428 g/mol. The molecule has 0 saturated carbocycles. The van der Waals surface area contributed by atoms with Crippen LogP contribution in [0.2, 0.25) is 10.0 Å². The summed E-state index contributed by atoms with van der Waals surface area (Å²) in [5, 5.41) is 3.66. The fourth-order valence-electron chi connectivity index (χ4n) is 2.62. The van der Waals surface area contributed by atoms with Crippen LogP contribution in [0, 0.1) is 5.92 Å². The molecule has 7 heteroatoms. The predicted octanol–water partition coefficient (Wildman–Crippen LogP) is 4.75. The number of halogens is 3. The second kappa shape index (κ2) is 7.13. The van der Waals surface area contributed by atoms with Gasteiger partial charge in [-0.25, -0.2) is 0 Å². The molecule has 2 aromatic rings. The molecule has 1 atom stereocenters. The molecule has 124 valence electrons. The van der Waals surface area contributed by atoms with Crippen LogP contribution in [0.4, 0.5) is 11.4 Å². The summed E-state index contributed by atoms with van der Waals surface area (Å²) in [6.07, 6.45) is 0.177. The van der Waals surface area contributed by atoms with Crippen molar-refractivity contribution in [3.8, 4) is 0 Å². The molecule has 1 fully saturated rings. The zero-order valence-corrected chi connectivity index (χ0v) is 15.5. The van der Waals surface area contributed by atoms with Crippen molar-refractivity contribution < 1.29 is 9.59 Å². The van der Waals surface area contributed by atoms with E-state index in [4.69, 9.17) is 23.2 Å². The first kappa shape index (κ1) is 17.3. The van der Waals surface area contributed by atoms with Crippen molar-refractivity contribution >= 4 is 62.3 Å². The number of hydrogen-bond acceptors (Lipinski definition) is 2. The molecule has 24 heavy (non-hydrogen) atoms. The van der Waals surface area contributed by atoms with Gasteiger partial charge >= 0.3 is 0 Å². The Bertz CT molecular complexity index is 775. The van der Waals surface area contributed by atoms with Gasteiger partial charge in [0.05, 0.1) is 5.92 Å². The Morgan fingerprint density at radius 2 is 1.75 bits per heavy atom. The number of rotatable bonds is 3. The lowest BCUT2D eigenvalue weighted by molar-refractivity contribution is -0.122. The molecule has 0 aliphatic carbocycles. The van der Waals surface area contributed by atoms with Crippen LogP contribution in [0.1, 0.15) is 6.42 Å². The van der Waals surface area contributed by atoms with Crippen LogP contribution >= 0.6 is 39.1 Å². The molecule has 4 nitrogen and oxygen atoms in total. The third kappa shape index (κ3) is 3.91. The second-order valence-corrected chi connectivity index (χ2v) is 7.32. The topological polar surface area (TPSA) is 49.4 Å². The standard InChI is InChI=1S/C17H13BrCl2N2O2/c18-11-1-3-15(4-2-11)22-9-10(5-16(22)23)17(24)21-14-7-12(19)6-13(20)8-14/h1-4,6-8,10H,5,9H2,(H,21,24). The van der Waals surface area contributed by atoms with Crippen LogP contribution in [-0.2, 0) is 9.59 Å². The Morgan fingerprint density at radius 3 is 2.38 bits per heavy atom. The SMILES string of the molecule is O=C(Nc1cc(Cl)cc(Cl)c1)C1CC(=O)N(c2ccc(Br)cc2)C1. The number of nitrogens with one attached hydrogen (secondary N) is 1. The summed E-state index contributed by atoms with van der Waals surface area (Å²) in [5.41, 5.74) is 1.30. The molecule has 0 aromatic heterocycles. The van der Waals surface area contributed by atoms with Crippen LogP contribution < -0.4 is 10.2 Å². The second-order valence-electron chi connectivity index (χ2n) is 5.53. The van der Waals surface area contributed by atoms with Gasteiger partial charge in [-0.05, 0) is 42.5 Å². The third-order valence-corrected chi connectivity index (χ3v) is 4.73. The molecule has 1 N–H and O–H groups in total. The largest absolute Gasteiger partial charge is 0.326 e. The van der Waals surface area contributed by atoms with Gasteiger partial charge in [0.25, 0.3) is 0 Å². The lowest BCUT2D eigenvalue weighted by atomic mass is 10.1. The molecular formula is C17H13BrCl2N2O2. The lowest BCUT2D eigenvalue weighted by Crippen LogP contribution is -2.28. The van der Waals surface area contributed by atoms with Gasteiger partial charge < -0.3 is 10.2 Å². The van der Waals surface area contributed by atoms with E-state index in [0.29, 0.717) is 22.3 Å². The van der Waals surface area contributed by atoms with Crippen molar-refractivity contribution in [1.82, 2.24) is 0 Å². The van der Waals surface area contributed by atoms with Crippen LogP contribution in [0.25, 0.3) is 0 Å². The van der Waals surface area contributed by atoms with Gasteiger partial charge in [0.15, 0.2) is 0 Å². The normalized spacial score (nSPS) is 17.2. The summed E-state index contributed by atoms with van der Waals surface area (Å²) < 4.78 is 0.935. The Balaban J connectivity index is 1.70. The highest BCUT2D eigenvalue weighted by Gasteiger charge is 2.35. The maximum absolute atomic E-state index is 12.4. The average Bonchev–Trinajstić information content (AvgIpc) is 2.89. The highest BCUT2D eigenvalue weighted by Crippen LogP contribution is 2.28.